The summed E-state index contributed by atoms with van der Waals surface area (Å²) in [4.78, 5) is 24.8. The summed E-state index contributed by atoms with van der Waals surface area (Å²) in [7, 11) is -4.05. The zero-order valence-electron chi connectivity index (χ0n) is 12.4. The fourth-order valence-corrected chi connectivity index (χ4v) is 3.39. The number of hydrogen-bond donors (Lipinski definition) is 2. The van der Waals surface area contributed by atoms with Crippen LogP contribution in [0.1, 0.15) is 10.4 Å². The van der Waals surface area contributed by atoms with Crippen LogP contribution < -0.4 is 15.4 Å². The number of carboxylic acid groups (broad SMARTS) is 1. The Kier molecular flexibility index (Phi) is 4.01. The van der Waals surface area contributed by atoms with Crippen LogP contribution in [-0.4, -0.2) is 19.4 Å². The number of aromatic amines is 1. The largest absolute Gasteiger partial charge is 0.545 e. The second-order valence-corrected chi connectivity index (χ2v) is 6.84. The van der Waals surface area contributed by atoms with Crippen molar-refractivity contribution in [1.29, 1.82) is 0 Å². The van der Waals surface area contributed by atoms with E-state index in [1.807, 2.05) is 0 Å². The highest BCUT2D eigenvalue weighted by Gasteiger charge is 2.16. The Morgan fingerprint density at radius 3 is 2.40 bits per heavy atom. The van der Waals surface area contributed by atoms with E-state index in [0.717, 1.165) is 24.3 Å². The normalized spacial score (nSPS) is 11.4. The van der Waals surface area contributed by atoms with Crippen LogP contribution in [0.25, 0.3) is 10.9 Å². The van der Waals surface area contributed by atoms with E-state index in [1.165, 1.54) is 24.3 Å². The quantitative estimate of drug-likeness (QED) is 0.713. The number of H-pyrrole nitrogens is 1. The topological polar surface area (TPSA) is 119 Å². The number of fused-ring (bicyclic) bond motifs is 1. The summed E-state index contributed by atoms with van der Waals surface area (Å²) >= 11 is 0. The van der Waals surface area contributed by atoms with Gasteiger partial charge in [-0.15, -0.1) is 0 Å². The molecule has 7 nitrogen and oxygen atoms in total. The number of pyridine rings is 1. The standard InChI is InChI=1S/C16H11FN2O5S/c17-9-1-3-10(4-2-9)19-25(23,24)11-5-6-14-12(7-11)13(16(21)22)8-15(20)18-14/h1-8,19H,(H,18,20)(H,21,22)/p-1. The molecule has 3 aromatic rings. The first kappa shape index (κ1) is 16.7. The molecule has 0 atom stereocenters. The maximum Gasteiger partial charge on any atom is 0.261 e. The summed E-state index contributed by atoms with van der Waals surface area (Å²) in [5.74, 6) is -2.12. The number of carboxylic acids is 1. The highest BCUT2D eigenvalue weighted by molar-refractivity contribution is 7.92. The Morgan fingerprint density at radius 1 is 1.08 bits per heavy atom. The number of aromatic carboxylic acids is 1. The fraction of sp³-hybridized carbons (Fsp3) is 0. The van der Waals surface area contributed by atoms with Crippen LogP contribution in [0.2, 0.25) is 0 Å². The maximum atomic E-state index is 12.9. The van der Waals surface area contributed by atoms with Crippen molar-refractivity contribution >= 4 is 32.6 Å². The molecule has 0 aliphatic heterocycles. The van der Waals surface area contributed by atoms with E-state index in [4.69, 9.17) is 0 Å². The van der Waals surface area contributed by atoms with E-state index in [2.05, 4.69) is 9.71 Å². The van der Waals surface area contributed by atoms with Crippen LogP contribution in [0.3, 0.4) is 0 Å². The molecular weight excluding hydrogens is 351 g/mol. The number of hydrogen-bond acceptors (Lipinski definition) is 5. The fourth-order valence-electron chi connectivity index (χ4n) is 2.30. The molecule has 3 rings (SSSR count). The average Bonchev–Trinajstić information content (AvgIpc) is 2.55. The van der Waals surface area contributed by atoms with E-state index in [1.54, 1.807) is 0 Å². The lowest BCUT2D eigenvalue weighted by Gasteiger charge is -2.11. The highest BCUT2D eigenvalue weighted by atomic mass is 32.2. The summed E-state index contributed by atoms with van der Waals surface area (Å²) in [5.41, 5.74) is -0.764. The first-order chi connectivity index (χ1) is 11.8. The number of benzene rings is 2. The predicted molar refractivity (Wildman–Crippen MR) is 86.1 cm³/mol. The summed E-state index contributed by atoms with van der Waals surface area (Å²) in [6, 6.07) is 9.11. The minimum absolute atomic E-state index is 0.0154. The minimum Gasteiger partial charge on any atom is -0.545 e. The van der Waals surface area contributed by atoms with Crippen LogP contribution in [0, 0.1) is 5.82 Å². The third-order valence-corrected chi connectivity index (χ3v) is 4.82. The van der Waals surface area contributed by atoms with Crippen molar-refractivity contribution in [3.8, 4) is 0 Å². The van der Waals surface area contributed by atoms with Crippen molar-refractivity contribution in [3.05, 3.63) is 70.3 Å². The Balaban J connectivity index is 2.10. The van der Waals surface area contributed by atoms with Gasteiger partial charge in [0.1, 0.15) is 5.82 Å². The summed E-state index contributed by atoms with van der Waals surface area (Å²) < 4.78 is 40.0. The van der Waals surface area contributed by atoms with E-state index < -0.39 is 32.9 Å². The van der Waals surface area contributed by atoms with Crippen LogP contribution in [0.4, 0.5) is 10.1 Å². The Hall–Kier alpha value is -3.20. The number of nitrogens with one attached hydrogen (secondary N) is 2. The van der Waals surface area contributed by atoms with Gasteiger partial charge < -0.3 is 14.9 Å². The summed E-state index contributed by atoms with van der Waals surface area (Å²) in [6.45, 7) is 0. The van der Waals surface area contributed by atoms with Gasteiger partial charge >= 0.3 is 0 Å². The number of aromatic nitrogens is 1. The van der Waals surface area contributed by atoms with Crippen molar-refractivity contribution < 1.29 is 22.7 Å². The summed E-state index contributed by atoms with van der Waals surface area (Å²) in [6.07, 6.45) is 0. The monoisotopic (exact) mass is 361 g/mol. The zero-order chi connectivity index (χ0) is 18.2. The van der Waals surface area contributed by atoms with Crippen molar-refractivity contribution in [1.82, 2.24) is 4.98 Å². The van der Waals surface area contributed by atoms with Gasteiger partial charge in [-0.3, -0.25) is 9.52 Å². The Morgan fingerprint density at radius 2 is 1.76 bits per heavy atom. The molecule has 2 aromatic carbocycles. The molecule has 0 saturated carbocycles. The van der Waals surface area contributed by atoms with Crippen molar-refractivity contribution in [2.75, 3.05) is 4.72 Å². The van der Waals surface area contributed by atoms with Crippen LogP contribution in [-0.2, 0) is 10.0 Å². The molecule has 0 spiro atoms. The van der Waals surface area contributed by atoms with Crippen LogP contribution in [0.15, 0.2) is 58.2 Å². The molecule has 0 unspecified atom stereocenters. The number of rotatable bonds is 4. The highest BCUT2D eigenvalue weighted by Crippen LogP contribution is 2.22. The van der Waals surface area contributed by atoms with E-state index in [9.17, 15) is 27.5 Å². The number of sulfonamides is 1. The number of halogens is 1. The lowest BCUT2D eigenvalue weighted by molar-refractivity contribution is -0.254. The van der Waals surface area contributed by atoms with Gasteiger partial charge in [0.25, 0.3) is 10.0 Å². The molecule has 0 aliphatic carbocycles. The molecule has 1 aromatic heterocycles. The second-order valence-electron chi connectivity index (χ2n) is 5.15. The van der Waals surface area contributed by atoms with E-state index in [-0.39, 0.29) is 21.5 Å². The lowest BCUT2D eigenvalue weighted by atomic mass is 10.1. The molecule has 1 heterocycles. The number of anilines is 1. The molecule has 0 saturated heterocycles. The third kappa shape index (κ3) is 3.36. The SMILES string of the molecule is O=C([O-])c1cc(=O)[nH]c2ccc(S(=O)(=O)Nc3ccc(F)cc3)cc12. The van der Waals surface area contributed by atoms with Gasteiger partial charge in [0.05, 0.1) is 10.9 Å². The smallest absolute Gasteiger partial charge is 0.261 e. The second kappa shape index (κ2) is 6.02. The molecule has 0 fully saturated rings. The first-order valence-corrected chi connectivity index (χ1v) is 8.41. The summed E-state index contributed by atoms with van der Waals surface area (Å²) in [5, 5.41) is 11.2. The molecular formula is C16H10FN2O5S-. The molecule has 0 bridgehead atoms. The predicted octanol–water partition coefficient (Wildman–Crippen LogP) is 0.831. The van der Waals surface area contributed by atoms with Crippen LogP contribution in [0.5, 0.6) is 0 Å². The first-order valence-electron chi connectivity index (χ1n) is 6.93. The Bertz CT molecular complexity index is 1140. The van der Waals surface area contributed by atoms with Gasteiger partial charge in [0.15, 0.2) is 0 Å². The number of carbonyl (C=O) groups excluding carboxylic acids is 1. The molecule has 0 radical (unpaired) electrons. The maximum absolute atomic E-state index is 12.9. The minimum atomic E-state index is -4.05. The van der Waals surface area contributed by atoms with E-state index >= 15 is 0 Å². The lowest BCUT2D eigenvalue weighted by Crippen LogP contribution is -2.25. The van der Waals surface area contributed by atoms with Crippen LogP contribution >= 0.6 is 0 Å². The van der Waals surface area contributed by atoms with Crippen molar-refractivity contribution in [2.24, 2.45) is 0 Å². The molecule has 25 heavy (non-hydrogen) atoms. The van der Waals surface area contributed by atoms with E-state index in [0.29, 0.717) is 0 Å². The van der Waals surface area contributed by atoms with Gasteiger partial charge in [0, 0.05) is 28.2 Å². The van der Waals surface area contributed by atoms with Crippen molar-refractivity contribution in [2.45, 2.75) is 4.90 Å². The average molecular weight is 361 g/mol. The molecule has 9 heteroatoms. The molecule has 128 valence electrons. The van der Waals surface area contributed by atoms with Gasteiger partial charge in [-0.2, -0.15) is 0 Å². The van der Waals surface area contributed by atoms with Gasteiger partial charge in [-0.05, 0) is 42.5 Å². The van der Waals surface area contributed by atoms with Gasteiger partial charge in [0.2, 0.25) is 5.56 Å². The molecule has 0 amide bonds. The number of carbonyl (C=O) groups is 1. The van der Waals surface area contributed by atoms with Crippen molar-refractivity contribution in [3.63, 3.8) is 0 Å². The Labute approximate surface area is 140 Å². The third-order valence-electron chi connectivity index (χ3n) is 3.44. The molecule has 0 aliphatic rings. The van der Waals surface area contributed by atoms with Gasteiger partial charge in [-0.25, -0.2) is 12.8 Å². The van der Waals surface area contributed by atoms with Gasteiger partial charge in [-0.1, -0.05) is 0 Å². The zero-order valence-corrected chi connectivity index (χ0v) is 13.3. The molecule has 2 N–H and O–H groups in total.